The van der Waals surface area contributed by atoms with Crippen LogP contribution < -0.4 is 5.56 Å². The second-order valence-corrected chi connectivity index (χ2v) is 6.73. The van der Waals surface area contributed by atoms with Gasteiger partial charge in [0.2, 0.25) is 0 Å². The molecule has 1 fully saturated rings. The number of carbonyl (C=O) groups excluding carboxylic acids is 1. The highest BCUT2D eigenvalue weighted by Gasteiger charge is 2.28. The van der Waals surface area contributed by atoms with Gasteiger partial charge in [-0.2, -0.15) is 5.10 Å². The van der Waals surface area contributed by atoms with Crippen LogP contribution in [0, 0.1) is 13.8 Å². The fraction of sp³-hybridized carbons (Fsp3) is 0.471. The monoisotopic (exact) mass is 348 g/mol. The summed E-state index contributed by atoms with van der Waals surface area (Å²) in [6, 6.07) is 3.57. The van der Waals surface area contributed by atoms with Gasteiger partial charge in [-0.05, 0) is 45.2 Å². The Labute approximate surface area is 145 Å². The van der Waals surface area contributed by atoms with Gasteiger partial charge in [0.15, 0.2) is 0 Å². The Bertz CT molecular complexity index is 811. The molecule has 0 bridgehead atoms. The number of pyridine rings is 1. The van der Waals surface area contributed by atoms with E-state index in [4.69, 9.17) is 11.6 Å². The van der Waals surface area contributed by atoms with Gasteiger partial charge in [-0.15, -0.1) is 0 Å². The van der Waals surface area contributed by atoms with Gasteiger partial charge in [0, 0.05) is 18.4 Å². The van der Waals surface area contributed by atoms with E-state index in [0.717, 1.165) is 30.7 Å². The molecule has 3 rings (SSSR count). The molecule has 1 atom stereocenters. The molecular formula is C17H21ClN4O2. The molecule has 0 aromatic carbocycles. The SMILES string of the molecule is Cc1cc(C)n(C[C@H]2CCCCN2C(=O)c2c[nH]c(=O)c(Cl)c2)n1. The van der Waals surface area contributed by atoms with Crippen molar-refractivity contribution in [2.45, 2.75) is 45.7 Å². The second-order valence-electron chi connectivity index (χ2n) is 6.32. The van der Waals surface area contributed by atoms with E-state index >= 15 is 0 Å². The van der Waals surface area contributed by atoms with Crippen LogP contribution in [0.3, 0.4) is 0 Å². The number of carbonyl (C=O) groups is 1. The predicted octanol–water partition coefficient (Wildman–Crippen LogP) is 2.54. The van der Waals surface area contributed by atoms with Gasteiger partial charge < -0.3 is 9.88 Å². The van der Waals surface area contributed by atoms with E-state index in [1.54, 1.807) is 0 Å². The van der Waals surface area contributed by atoms with E-state index in [1.165, 1.54) is 12.3 Å². The van der Waals surface area contributed by atoms with Crippen molar-refractivity contribution < 1.29 is 4.79 Å². The molecule has 1 aliphatic heterocycles. The number of piperidine rings is 1. The maximum atomic E-state index is 12.9. The number of hydrogen-bond donors (Lipinski definition) is 1. The van der Waals surface area contributed by atoms with Crippen LogP contribution in [0.4, 0.5) is 0 Å². The highest BCUT2D eigenvalue weighted by atomic mass is 35.5. The second kappa shape index (κ2) is 6.81. The van der Waals surface area contributed by atoms with Crippen molar-refractivity contribution in [2.75, 3.05) is 6.54 Å². The third-order valence-corrected chi connectivity index (χ3v) is 4.76. The van der Waals surface area contributed by atoms with Crippen LogP contribution in [0.5, 0.6) is 0 Å². The molecule has 0 saturated carbocycles. The summed E-state index contributed by atoms with van der Waals surface area (Å²) >= 11 is 5.86. The number of amides is 1. The molecule has 1 saturated heterocycles. The predicted molar refractivity (Wildman–Crippen MR) is 92.4 cm³/mol. The van der Waals surface area contributed by atoms with Crippen LogP contribution >= 0.6 is 11.6 Å². The van der Waals surface area contributed by atoms with Crippen molar-refractivity contribution >= 4 is 17.5 Å². The number of hydrogen-bond acceptors (Lipinski definition) is 3. The number of aromatic amines is 1. The first-order valence-electron chi connectivity index (χ1n) is 8.16. The molecule has 0 radical (unpaired) electrons. The molecule has 1 aliphatic rings. The molecule has 1 N–H and O–H groups in total. The first-order chi connectivity index (χ1) is 11.5. The van der Waals surface area contributed by atoms with Crippen molar-refractivity contribution in [3.8, 4) is 0 Å². The van der Waals surface area contributed by atoms with Crippen LogP contribution in [-0.4, -0.2) is 38.2 Å². The van der Waals surface area contributed by atoms with Gasteiger partial charge in [-0.3, -0.25) is 14.3 Å². The Morgan fingerprint density at radius 3 is 2.83 bits per heavy atom. The minimum absolute atomic E-state index is 0.0351. The molecule has 128 valence electrons. The van der Waals surface area contributed by atoms with E-state index in [9.17, 15) is 9.59 Å². The van der Waals surface area contributed by atoms with Gasteiger partial charge in [-0.1, -0.05) is 11.6 Å². The summed E-state index contributed by atoms with van der Waals surface area (Å²) in [7, 11) is 0. The Morgan fingerprint density at radius 2 is 2.17 bits per heavy atom. The van der Waals surface area contributed by atoms with Crippen molar-refractivity contribution in [3.05, 3.63) is 50.7 Å². The summed E-state index contributed by atoms with van der Waals surface area (Å²) in [5, 5.41) is 4.54. The first-order valence-corrected chi connectivity index (χ1v) is 8.54. The summed E-state index contributed by atoms with van der Waals surface area (Å²) in [4.78, 5) is 28.7. The highest BCUT2D eigenvalue weighted by Crippen LogP contribution is 2.22. The molecule has 24 heavy (non-hydrogen) atoms. The number of nitrogens with one attached hydrogen (secondary N) is 1. The fourth-order valence-electron chi connectivity index (χ4n) is 3.26. The topological polar surface area (TPSA) is 71.0 Å². The zero-order valence-corrected chi connectivity index (χ0v) is 14.6. The lowest BCUT2D eigenvalue weighted by molar-refractivity contribution is 0.0582. The Morgan fingerprint density at radius 1 is 1.38 bits per heavy atom. The fourth-order valence-corrected chi connectivity index (χ4v) is 3.43. The standard InChI is InChI=1S/C17H21ClN4O2/c1-11-7-12(2)22(20-11)10-14-5-3-4-6-21(14)17(24)13-8-15(18)16(23)19-9-13/h7-9,14H,3-6,10H2,1-2H3,(H,19,23)/t14-/m1/s1. The minimum atomic E-state index is -0.383. The van der Waals surface area contributed by atoms with Gasteiger partial charge in [0.1, 0.15) is 5.02 Å². The summed E-state index contributed by atoms with van der Waals surface area (Å²) in [5.74, 6) is -0.0978. The van der Waals surface area contributed by atoms with Gasteiger partial charge in [-0.25, -0.2) is 0 Å². The van der Waals surface area contributed by atoms with Crippen LogP contribution in [0.25, 0.3) is 0 Å². The molecule has 0 unspecified atom stereocenters. The van der Waals surface area contributed by atoms with E-state index in [1.807, 2.05) is 29.5 Å². The molecule has 7 heteroatoms. The van der Waals surface area contributed by atoms with Crippen molar-refractivity contribution in [1.82, 2.24) is 19.7 Å². The minimum Gasteiger partial charge on any atom is -0.334 e. The van der Waals surface area contributed by atoms with Crippen LogP contribution in [0.15, 0.2) is 23.1 Å². The molecule has 3 heterocycles. The lowest BCUT2D eigenvalue weighted by Gasteiger charge is -2.36. The number of likely N-dealkylation sites (tertiary alicyclic amines) is 1. The summed E-state index contributed by atoms with van der Waals surface area (Å²) in [6.45, 7) is 5.38. The first kappa shape index (κ1) is 16.8. The molecular weight excluding hydrogens is 328 g/mol. The maximum Gasteiger partial charge on any atom is 0.266 e. The lowest BCUT2D eigenvalue weighted by atomic mass is 10.0. The van der Waals surface area contributed by atoms with Crippen molar-refractivity contribution in [2.24, 2.45) is 0 Å². The molecule has 0 spiro atoms. The zero-order valence-electron chi connectivity index (χ0n) is 13.9. The normalized spacial score (nSPS) is 18.0. The van der Waals surface area contributed by atoms with E-state index in [0.29, 0.717) is 18.7 Å². The number of aryl methyl sites for hydroxylation is 2. The lowest BCUT2D eigenvalue weighted by Crippen LogP contribution is -2.46. The zero-order chi connectivity index (χ0) is 17.3. The number of aromatic nitrogens is 3. The van der Waals surface area contributed by atoms with E-state index in [2.05, 4.69) is 10.1 Å². The van der Waals surface area contributed by atoms with Crippen LogP contribution in [0.2, 0.25) is 5.02 Å². The summed E-state index contributed by atoms with van der Waals surface area (Å²) in [6.07, 6.45) is 4.46. The van der Waals surface area contributed by atoms with Crippen LogP contribution in [0.1, 0.15) is 41.0 Å². The average Bonchev–Trinajstić information content (AvgIpc) is 2.87. The quantitative estimate of drug-likeness (QED) is 0.926. The number of halogens is 1. The molecule has 1 amide bonds. The van der Waals surface area contributed by atoms with Gasteiger partial charge >= 0.3 is 0 Å². The van der Waals surface area contributed by atoms with Crippen molar-refractivity contribution in [1.29, 1.82) is 0 Å². The van der Waals surface area contributed by atoms with Crippen LogP contribution in [-0.2, 0) is 6.54 Å². The van der Waals surface area contributed by atoms with E-state index in [-0.39, 0.29) is 22.5 Å². The third kappa shape index (κ3) is 3.38. The molecule has 6 nitrogen and oxygen atoms in total. The number of nitrogens with zero attached hydrogens (tertiary/aromatic N) is 3. The van der Waals surface area contributed by atoms with E-state index < -0.39 is 0 Å². The number of H-pyrrole nitrogens is 1. The van der Waals surface area contributed by atoms with Crippen molar-refractivity contribution in [3.63, 3.8) is 0 Å². The maximum absolute atomic E-state index is 12.9. The largest absolute Gasteiger partial charge is 0.334 e. The number of rotatable bonds is 3. The summed E-state index contributed by atoms with van der Waals surface area (Å²) in [5.41, 5.74) is 2.11. The third-order valence-electron chi connectivity index (χ3n) is 4.48. The average molecular weight is 349 g/mol. The Balaban J connectivity index is 1.83. The smallest absolute Gasteiger partial charge is 0.266 e. The molecule has 0 aliphatic carbocycles. The highest BCUT2D eigenvalue weighted by molar-refractivity contribution is 6.30. The van der Waals surface area contributed by atoms with Gasteiger partial charge in [0.05, 0.1) is 23.8 Å². The Hall–Kier alpha value is -2.08. The molecule has 2 aromatic heterocycles. The summed E-state index contributed by atoms with van der Waals surface area (Å²) < 4.78 is 1.96. The Kier molecular flexibility index (Phi) is 4.76. The van der Waals surface area contributed by atoms with Gasteiger partial charge in [0.25, 0.3) is 11.5 Å². The molecule has 2 aromatic rings.